The largest absolute Gasteiger partial charge is 0.489 e. The molecule has 0 bridgehead atoms. The van der Waals surface area contributed by atoms with Crippen LogP contribution in [-0.2, 0) is 13.2 Å². The zero-order valence-electron chi connectivity index (χ0n) is 14.9. The van der Waals surface area contributed by atoms with Crippen molar-refractivity contribution in [1.82, 2.24) is 5.32 Å². The molecule has 0 aromatic heterocycles. The Kier molecular flexibility index (Phi) is 7.10. The summed E-state index contributed by atoms with van der Waals surface area (Å²) in [5.41, 5.74) is 3.61. The van der Waals surface area contributed by atoms with E-state index in [0.717, 1.165) is 30.8 Å². The van der Waals surface area contributed by atoms with Gasteiger partial charge < -0.3 is 10.1 Å². The number of hydrogen-bond acceptors (Lipinski definition) is 2. The van der Waals surface area contributed by atoms with Crippen molar-refractivity contribution in [2.75, 3.05) is 6.54 Å². The molecule has 0 unspecified atom stereocenters. The fourth-order valence-electron chi connectivity index (χ4n) is 3.12. The number of nitrogens with one attached hydrogen (secondary N) is 1. The monoisotopic (exact) mass is 373 g/mol. The Hall–Kier alpha value is -1.84. The van der Waals surface area contributed by atoms with Crippen LogP contribution in [0.25, 0.3) is 0 Å². The molecule has 0 saturated carbocycles. The van der Waals surface area contributed by atoms with E-state index in [4.69, 9.17) is 16.3 Å². The second-order valence-corrected chi connectivity index (χ2v) is 7.11. The van der Waals surface area contributed by atoms with Crippen LogP contribution in [-0.4, -0.2) is 6.54 Å². The average molecular weight is 374 g/mol. The molecule has 2 nitrogen and oxygen atoms in total. The summed E-state index contributed by atoms with van der Waals surface area (Å²) in [4.78, 5) is 0. The second-order valence-electron chi connectivity index (χ2n) is 6.70. The molecule has 0 saturated heterocycles. The lowest BCUT2D eigenvalue weighted by atomic mass is 9.97. The topological polar surface area (TPSA) is 21.3 Å². The molecule has 0 atom stereocenters. The van der Waals surface area contributed by atoms with Crippen LogP contribution < -0.4 is 10.1 Å². The van der Waals surface area contributed by atoms with Gasteiger partial charge in [-0.1, -0.05) is 41.4 Å². The van der Waals surface area contributed by atoms with Gasteiger partial charge in [0.1, 0.15) is 18.2 Å². The lowest BCUT2D eigenvalue weighted by Crippen LogP contribution is -2.15. The third-order valence-electron chi connectivity index (χ3n) is 4.67. The van der Waals surface area contributed by atoms with Crippen LogP contribution in [0.5, 0.6) is 5.75 Å². The summed E-state index contributed by atoms with van der Waals surface area (Å²) in [6, 6.07) is 12.4. The van der Waals surface area contributed by atoms with Gasteiger partial charge in [0.05, 0.1) is 5.02 Å². The van der Waals surface area contributed by atoms with Gasteiger partial charge in [0.15, 0.2) is 0 Å². The summed E-state index contributed by atoms with van der Waals surface area (Å²) >= 11 is 6.02. The zero-order valence-corrected chi connectivity index (χ0v) is 15.7. The number of halogens is 2. The predicted molar refractivity (Wildman–Crippen MR) is 105 cm³/mol. The van der Waals surface area contributed by atoms with Crippen LogP contribution in [0.15, 0.2) is 54.1 Å². The molecular weight excluding hydrogens is 349 g/mol. The van der Waals surface area contributed by atoms with Crippen molar-refractivity contribution in [1.29, 1.82) is 0 Å². The molecule has 0 heterocycles. The Balaban J connectivity index is 1.41. The Morgan fingerprint density at radius 2 is 1.92 bits per heavy atom. The molecule has 2 aromatic carbocycles. The van der Waals surface area contributed by atoms with Crippen LogP contribution >= 0.6 is 11.6 Å². The summed E-state index contributed by atoms with van der Waals surface area (Å²) < 4.78 is 18.8. The number of hydrogen-bond donors (Lipinski definition) is 1. The Morgan fingerprint density at radius 1 is 1.08 bits per heavy atom. The molecule has 1 N–H and O–H groups in total. The van der Waals surface area contributed by atoms with E-state index in [1.807, 2.05) is 12.1 Å². The molecule has 4 heteroatoms. The maximum Gasteiger partial charge on any atom is 0.124 e. The van der Waals surface area contributed by atoms with E-state index >= 15 is 0 Å². The SMILES string of the molecule is Fc1ccc(COc2ccc(CNCCC3=CCCCC3)cc2)c(Cl)c1. The molecule has 3 rings (SSSR count). The first kappa shape index (κ1) is 18.9. The third kappa shape index (κ3) is 5.86. The van der Waals surface area contributed by atoms with E-state index in [1.165, 1.54) is 43.4 Å². The van der Waals surface area contributed by atoms with Gasteiger partial charge in [-0.3, -0.25) is 0 Å². The number of rotatable bonds is 8. The summed E-state index contributed by atoms with van der Waals surface area (Å²) in [6.07, 6.45) is 8.77. The highest BCUT2D eigenvalue weighted by Gasteiger charge is 2.04. The van der Waals surface area contributed by atoms with E-state index in [2.05, 4.69) is 23.5 Å². The van der Waals surface area contributed by atoms with E-state index in [-0.39, 0.29) is 5.82 Å². The average Bonchev–Trinajstić information content (AvgIpc) is 2.66. The maximum atomic E-state index is 13.1. The number of allylic oxidation sites excluding steroid dienone is 1. The molecular formula is C22H25ClFNO. The Labute approximate surface area is 160 Å². The van der Waals surface area contributed by atoms with Gasteiger partial charge >= 0.3 is 0 Å². The fourth-order valence-corrected chi connectivity index (χ4v) is 3.34. The minimum atomic E-state index is -0.338. The van der Waals surface area contributed by atoms with E-state index in [9.17, 15) is 4.39 Å². The standard InChI is InChI=1S/C22H25ClFNO/c23-22-14-20(24)9-8-19(22)16-26-21-10-6-18(7-11-21)15-25-13-12-17-4-2-1-3-5-17/h4,6-11,14,25H,1-3,5,12-13,15-16H2. The van der Waals surface area contributed by atoms with Crippen molar-refractivity contribution in [2.45, 2.75) is 45.3 Å². The van der Waals surface area contributed by atoms with Crippen molar-refractivity contribution in [3.05, 3.63) is 76.1 Å². The van der Waals surface area contributed by atoms with Crippen LogP contribution in [0.3, 0.4) is 0 Å². The van der Waals surface area contributed by atoms with E-state index in [0.29, 0.717) is 11.6 Å². The Morgan fingerprint density at radius 3 is 2.65 bits per heavy atom. The first-order valence-corrected chi connectivity index (χ1v) is 9.63. The fraction of sp³-hybridized carbons (Fsp3) is 0.364. The van der Waals surface area contributed by atoms with Crippen molar-refractivity contribution in [2.24, 2.45) is 0 Å². The molecule has 0 fully saturated rings. The molecule has 2 aromatic rings. The van der Waals surface area contributed by atoms with Crippen molar-refractivity contribution >= 4 is 11.6 Å². The summed E-state index contributed by atoms with van der Waals surface area (Å²) in [5.74, 6) is 0.442. The first-order valence-electron chi connectivity index (χ1n) is 9.25. The molecule has 1 aliphatic carbocycles. The highest BCUT2D eigenvalue weighted by molar-refractivity contribution is 6.31. The molecule has 0 radical (unpaired) electrons. The lowest BCUT2D eigenvalue weighted by Gasteiger charge is -2.13. The molecule has 0 amide bonds. The summed E-state index contributed by atoms with van der Waals surface area (Å²) in [5, 5.41) is 3.89. The first-order chi connectivity index (χ1) is 12.7. The van der Waals surface area contributed by atoms with Gasteiger partial charge in [0.25, 0.3) is 0 Å². The van der Waals surface area contributed by atoms with Crippen LogP contribution in [0.1, 0.15) is 43.2 Å². The van der Waals surface area contributed by atoms with E-state index < -0.39 is 0 Å². The van der Waals surface area contributed by atoms with Gasteiger partial charge in [0.2, 0.25) is 0 Å². The van der Waals surface area contributed by atoms with Crippen molar-refractivity contribution in [3.63, 3.8) is 0 Å². The smallest absolute Gasteiger partial charge is 0.124 e. The molecule has 26 heavy (non-hydrogen) atoms. The summed E-state index contributed by atoms with van der Waals surface area (Å²) in [6.45, 7) is 2.20. The van der Waals surface area contributed by atoms with Gasteiger partial charge in [0, 0.05) is 12.1 Å². The van der Waals surface area contributed by atoms with Gasteiger partial charge in [-0.05, 0) is 68.5 Å². The third-order valence-corrected chi connectivity index (χ3v) is 5.02. The molecule has 138 valence electrons. The number of ether oxygens (including phenoxy) is 1. The predicted octanol–water partition coefficient (Wildman–Crippen LogP) is 6.04. The van der Waals surface area contributed by atoms with Crippen LogP contribution in [0.4, 0.5) is 4.39 Å². The van der Waals surface area contributed by atoms with Gasteiger partial charge in [-0.2, -0.15) is 0 Å². The van der Waals surface area contributed by atoms with Gasteiger partial charge in [-0.15, -0.1) is 0 Å². The minimum Gasteiger partial charge on any atom is -0.489 e. The zero-order chi connectivity index (χ0) is 18.2. The Bertz CT molecular complexity index is 742. The minimum absolute atomic E-state index is 0.325. The lowest BCUT2D eigenvalue weighted by molar-refractivity contribution is 0.306. The normalized spacial score (nSPS) is 14.2. The van der Waals surface area contributed by atoms with Gasteiger partial charge in [-0.25, -0.2) is 4.39 Å². The maximum absolute atomic E-state index is 13.1. The molecule has 1 aliphatic rings. The van der Waals surface area contributed by atoms with Crippen molar-refractivity contribution < 1.29 is 9.13 Å². The van der Waals surface area contributed by atoms with E-state index in [1.54, 1.807) is 11.6 Å². The highest BCUT2D eigenvalue weighted by atomic mass is 35.5. The number of benzene rings is 2. The van der Waals surface area contributed by atoms with Crippen molar-refractivity contribution in [3.8, 4) is 5.75 Å². The second kappa shape index (κ2) is 9.75. The molecule has 0 aliphatic heterocycles. The summed E-state index contributed by atoms with van der Waals surface area (Å²) in [7, 11) is 0. The van der Waals surface area contributed by atoms with Crippen LogP contribution in [0.2, 0.25) is 5.02 Å². The van der Waals surface area contributed by atoms with Crippen LogP contribution in [0, 0.1) is 5.82 Å². The molecule has 0 spiro atoms. The quantitative estimate of drug-likeness (QED) is 0.450. The highest BCUT2D eigenvalue weighted by Crippen LogP contribution is 2.21.